The van der Waals surface area contributed by atoms with Gasteiger partial charge >= 0.3 is 0 Å². The number of aryl methyl sites for hydroxylation is 3. The molecular weight excluding hydrogens is 284 g/mol. The zero-order valence-corrected chi connectivity index (χ0v) is 15.2. The molecule has 1 aromatic carbocycles. The Balaban J connectivity index is 1.88. The molecule has 3 N–H and O–H groups in total. The van der Waals surface area contributed by atoms with E-state index in [4.69, 9.17) is 0 Å². The predicted molar refractivity (Wildman–Crippen MR) is 99.4 cm³/mol. The van der Waals surface area contributed by atoms with Crippen LogP contribution in [0.15, 0.2) is 12.1 Å². The molecule has 1 aliphatic rings. The Morgan fingerprint density at radius 3 is 1.78 bits per heavy atom. The molecule has 1 aromatic rings. The number of rotatable bonds is 3. The molecule has 4 heteroatoms. The van der Waals surface area contributed by atoms with Crippen molar-refractivity contribution in [2.45, 2.75) is 27.2 Å². The van der Waals surface area contributed by atoms with E-state index in [-0.39, 0.29) is 0 Å². The van der Waals surface area contributed by atoms with Gasteiger partial charge in [-0.3, -0.25) is 0 Å². The normalized spacial score (nSPS) is 19.1. The first kappa shape index (κ1) is 18.4. The lowest BCUT2D eigenvalue weighted by Crippen LogP contribution is -2.42. The average Bonchev–Trinajstić information content (AvgIpc) is 2.48. The van der Waals surface area contributed by atoms with Gasteiger partial charge in [-0.1, -0.05) is 17.7 Å². The molecule has 1 fully saturated rings. The summed E-state index contributed by atoms with van der Waals surface area (Å²) in [6, 6.07) is 4.63. The maximum absolute atomic E-state index is 3.54. The van der Waals surface area contributed by atoms with Crippen LogP contribution in [0.2, 0.25) is 0 Å². The Hall–Kier alpha value is -0.940. The van der Waals surface area contributed by atoms with Crippen molar-refractivity contribution in [1.82, 2.24) is 20.9 Å². The molecule has 23 heavy (non-hydrogen) atoms. The Morgan fingerprint density at radius 2 is 1.26 bits per heavy atom. The smallest absolute Gasteiger partial charge is 0.0108 e. The summed E-state index contributed by atoms with van der Waals surface area (Å²) in [4.78, 5) is 2.59. The third-order valence-corrected chi connectivity index (χ3v) is 4.69. The molecule has 1 saturated heterocycles. The fourth-order valence-corrected chi connectivity index (χ4v) is 3.41. The highest BCUT2D eigenvalue weighted by Crippen LogP contribution is 2.17. The monoisotopic (exact) mass is 318 g/mol. The van der Waals surface area contributed by atoms with Gasteiger partial charge in [0.25, 0.3) is 0 Å². The second-order valence-corrected chi connectivity index (χ2v) is 6.72. The number of nitrogens with one attached hydrogen (secondary N) is 3. The number of hydrogen-bond acceptors (Lipinski definition) is 4. The van der Waals surface area contributed by atoms with E-state index in [2.05, 4.69) is 53.8 Å². The quantitative estimate of drug-likeness (QED) is 0.784. The third kappa shape index (κ3) is 6.60. The third-order valence-electron chi connectivity index (χ3n) is 4.69. The second kappa shape index (κ2) is 10.0. The van der Waals surface area contributed by atoms with Gasteiger partial charge in [0.05, 0.1) is 0 Å². The minimum Gasteiger partial charge on any atom is -0.314 e. The molecule has 0 atom stereocenters. The maximum atomic E-state index is 3.54. The molecule has 0 spiro atoms. The van der Waals surface area contributed by atoms with E-state index in [9.17, 15) is 0 Å². The predicted octanol–water partition coefficient (Wildman–Crippen LogP) is 1.24. The largest absolute Gasteiger partial charge is 0.314 e. The molecular formula is C19H34N4. The van der Waals surface area contributed by atoms with Crippen molar-refractivity contribution in [3.63, 3.8) is 0 Å². The summed E-state index contributed by atoms with van der Waals surface area (Å²) < 4.78 is 0. The Kier molecular flexibility index (Phi) is 8.03. The summed E-state index contributed by atoms with van der Waals surface area (Å²) in [5.74, 6) is 0. The van der Waals surface area contributed by atoms with E-state index in [1.165, 1.54) is 22.3 Å². The van der Waals surface area contributed by atoms with E-state index in [0.29, 0.717) is 0 Å². The van der Waals surface area contributed by atoms with Gasteiger partial charge in [-0.2, -0.15) is 0 Å². The zero-order chi connectivity index (χ0) is 16.5. The first-order valence-corrected chi connectivity index (χ1v) is 9.08. The zero-order valence-electron chi connectivity index (χ0n) is 15.2. The van der Waals surface area contributed by atoms with Crippen molar-refractivity contribution in [1.29, 1.82) is 0 Å². The molecule has 0 bridgehead atoms. The van der Waals surface area contributed by atoms with Crippen LogP contribution in [-0.2, 0) is 6.42 Å². The van der Waals surface area contributed by atoms with Gasteiger partial charge in [-0.25, -0.2) is 0 Å². The van der Waals surface area contributed by atoms with Gasteiger partial charge < -0.3 is 20.9 Å². The molecule has 0 aliphatic carbocycles. The molecule has 1 heterocycles. The summed E-state index contributed by atoms with van der Waals surface area (Å²) in [6.07, 6.45) is 1.15. The summed E-state index contributed by atoms with van der Waals surface area (Å²) in [7, 11) is 0. The van der Waals surface area contributed by atoms with Crippen molar-refractivity contribution in [2.75, 3.05) is 58.9 Å². The lowest BCUT2D eigenvalue weighted by atomic mass is 9.97. The van der Waals surface area contributed by atoms with E-state index in [0.717, 1.165) is 65.3 Å². The minimum absolute atomic E-state index is 1.06. The molecule has 0 aromatic heterocycles. The van der Waals surface area contributed by atoms with Crippen LogP contribution in [0.25, 0.3) is 0 Å². The fraction of sp³-hybridized carbons (Fsp3) is 0.684. The molecule has 0 unspecified atom stereocenters. The molecule has 2 rings (SSSR count). The molecule has 0 saturated carbocycles. The van der Waals surface area contributed by atoms with Gasteiger partial charge in [0.1, 0.15) is 0 Å². The maximum Gasteiger partial charge on any atom is 0.0108 e. The summed E-state index contributed by atoms with van der Waals surface area (Å²) in [6.45, 7) is 16.5. The standard InChI is InChI=1S/C19H34N4/c1-16-14-17(2)19(18(3)15-16)4-11-23-12-9-21-7-5-20-6-8-22-10-13-23/h14-15,20-22H,4-13H2,1-3H3. The van der Waals surface area contributed by atoms with Crippen LogP contribution in [0.5, 0.6) is 0 Å². The van der Waals surface area contributed by atoms with Crippen molar-refractivity contribution in [3.05, 3.63) is 34.4 Å². The molecule has 1 aliphatic heterocycles. The first-order chi connectivity index (χ1) is 11.2. The van der Waals surface area contributed by atoms with Gasteiger partial charge in [0, 0.05) is 58.9 Å². The molecule has 0 amide bonds. The topological polar surface area (TPSA) is 39.3 Å². The van der Waals surface area contributed by atoms with Crippen LogP contribution in [-0.4, -0.2) is 63.8 Å². The summed E-state index contributed by atoms with van der Waals surface area (Å²) >= 11 is 0. The summed E-state index contributed by atoms with van der Waals surface area (Å²) in [5, 5.41) is 10.5. The number of benzene rings is 1. The van der Waals surface area contributed by atoms with E-state index < -0.39 is 0 Å². The van der Waals surface area contributed by atoms with Gasteiger partial charge in [-0.15, -0.1) is 0 Å². The van der Waals surface area contributed by atoms with E-state index in [1.54, 1.807) is 0 Å². The van der Waals surface area contributed by atoms with Crippen molar-refractivity contribution < 1.29 is 0 Å². The van der Waals surface area contributed by atoms with Gasteiger partial charge in [-0.05, 0) is 43.9 Å². The van der Waals surface area contributed by atoms with Crippen LogP contribution in [0, 0.1) is 20.8 Å². The van der Waals surface area contributed by atoms with Crippen molar-refractivity contribution in [3.8, 4) is 0 Å². The highest BCUT2D eigenvalue weighted by molar-refractivity contribution is 5.37. The Bertz CT molecular complexity index is 437. The van der Waals surface area contributed by atoms with Crippen LogP contribution < -0.4 is 16.0 Å². The molecule has 130 valence electrons. The second-order valence-electron chi connectivity index (χ2n) is 6.72. The number of hydrogen-bond donors (Lipinski definition) is 3. The van der Waals surface area contributed by atoms with Gasteiger partial charge in [0.15, 0.2) is 0 Å². The van der Waals surface area contributed by atoms with E-state index in [1.807, 2.05) is 0 Å². The summed E-state index contributed by atoms with van der Waals surface area (Å²) in [5.41, 5.74) is 5.79. The highest BCUT2D eigenvalue weighted by atomic mass is 15.2. The highest BCUT2D eigenvalue weighted by Gasteiger charge is 2.09. The SMILES string of the molecule is Cc1cc(C)c(CCN2CCNCCNCCNCC2)c(C)c1. The van der Waals surface area contributed by atoms with Gasteiger partial charge in [0.2, 0.25) is 0 Å². The Morgan fingerprint density at radius 1 is 0.783 bits per heavy atom. The van der Waals surface area contributed by atoms with Crippen LogP contribution in [0.1, 0.15) is 22.3 Å². The minimum atomic E-state index is 1.06. The molecule has 0 radical (unpaired) electrons. The lowest BCUT2D eigenvalue weighted by molar-refractivity contribution is 0.274. The van der Waals surface area contributed by atoms with Crippen LogP contribution in [0.3, 0.4) is 0 Å². The number of nitrogens with zero attached hydrogens (tertiary/aromatic N) is 1. The van der Waals surface area contributed by atoms with Crippen molar-refractivity contribution in [2.24, 2.45) is 0 Å². The fourth-order valence-electron chi connectivity index (χ4n) is 3.41. The lowest BCUT2D eigenvalue weighted by Gasteiger charge is -2.24. The average molecular weight is 319 g/mol. The Labute approximate surface area is 142 Å². The van der Waals surface area contributed by atoms with Crippen molar-refractivity contribution >= 4 is 0 Å². The van der Waals surface area contributed by atoms with Crippen LogP contribution in [0.4, 0.5) is 0 Å². The molecule has 4 nitrogen and oxygen atoms in total. The van der Waals surface area contributed by atoms with E-state index >= 15 is 0 Å². The van der Waals surface area contributed by atoms with Crippen LogP contribution >= 0.6 is 0 Å². The first-order valence-electron chi connectivity index (χ1n) is 9.08.